The minimum Gasteiger partial charge on any atom is -0.454 e. The van der Waals surface area contributed by atoms with E-state index in [-0.39, 0.29) is 24.4 Å². The molecular weight excluding hydrogens is 260 g/mol. The number of benzene rings is 1. The highest BCUT2D eigenvalue weighted by molar-refractivity contribution is 5.94. The second-order valence-corrected chi connectivity index (χ2v) is 4.35. The molecule has 0 saturated heterocycles. The van der Waals surface area contributed by atoms with Gasteiger partial charge in [0.2, 0.25) is 0 Å². The molecule has 1 aromatic carbocycles. The van der Waals surface area contributed by atoms with Crippen molar-refractivity contribution in [3.8, 4) is 5.75 Å². The van der Waals surface area contributed by atoms with Crippen LogP contribution in [-0.2, 0) is 19.1 Å². The first-order valence-corrected chi connectivity index (χ1v) is 6.00. The van der Waals surface area contributed by atoms with Crippen LogP contribution in [0.1, 0.15) is 18.9 Å². The van der Waals surface area contributed by atoms with Gasteiger partial charge in [-0.2, -0.15) is 0 Å². The van der Waals surface area contributed by atoms with E-state index in [0.29, 0.717) is 5.75 Å². The average molecular weight is 276 g/mol. The molecule has 0 unspecified atom stereocenters. The number of hydrogen-bond donors (Lipinski definition) is 0. The number of hydrogen-bond acceptors (Lipinski definition) is 5. The van der Waals surface area contributed by atoms with Gasteiger partial charge in [0.15, 0.2) is 5.78 Å². The molecule has 0 atom stereocenters. The summed E-state index contributed by atoms with van der Waals surface area (Å²) in [5, 5.41) is 0. The first kappa shape index (κ1) is 15.6. The quantitative estimate of drug-likeness (QED) is 0.451. The van der Waals surface area contributed by atoms with Crippen LogP contribution in [0, 0.1) is 6.92 Å². The second-order valence-electron chi connectivity index (χ2n) is 4.35. The fourth-order valence-corrected chi connectivity index (χ4v) is 1.29. The molecule has 106 valence electrons. The monoisotopic (exact) mass is 276 g/mol. The summed E-state index contributed by atoms with van der Waals surface area (Å²) in [6, 6.07) is 6.92. The Bertz CT molecular complexity index is 528. The van der Waals surface area contributed by atoms with Gasteiger partial charge in [0, 0.05) is 5.57 Å². The first-order valence-electron chi connectivity index (χ1n) is 6.00. The molecule has 5 nitrogen and oxygen atoms in total. The summed E-state index contributed by atoms with van der Waals surface area (Å²) in [6.45, 7) is 6.32. The van der Waals surface area contributed by atoms with Gasteiger partial charge in [-0.3, -0.25) is 9.59 Å². The maximum absolute atomic E-state index is 11.6. The SMILES string of the molecule is C=C(CC(=O)Oc1ccc(C)cc1)C(=O)OCC(C)=O. The molecule has 1 aromatic rings. The highest BCUT2D eigenvalue weighted by atomic mass is 16.5. The molecule has 0 spiro atoms. The van der Waals surface area contributed by atoms with E-state index >= 15 is 0 Å². The third-order valence-corrected chi connectivity index (χ3v) is 2.31. The predicted molar refractivity (Wildman–Crippen MR) is 72.2 cm³/mol. The zero-order valence-electron chi connectivity index (χ0n) is 11.5. The van der Waals surface area contributed by atoms with Crippen molar-refractivity contribution in [2.24, 2.45) is 0 Å². The number of ketones is 1. The topological polar surface area (TPSA) is 69.7 Å². The van der Waals surface area contributed by atoms with Crippen molar-refractivity contribution in [3.63, 3.8) is 0 Å². The Labute approximate surface area is 117 Å². The third-order valence-electron chi connectivity index (χ3n) is 2.31. The summed E-state index contributed by atoms with van der Waals surface area (Å²) < 4.78 is 9.68. The van der Waals surface area contributed by atoms with Gasteiger partial charge in [-0.15, -0.1) is 0 Å². The number of ether oxygens (including phenoxy) is 2. The normalized spacial score (nSPS) is 9.70. The van der Waals surface area contributed by atoms with Gasteiger partial charge in [0.1, 0.15) is 12.4 Å². The molecule has 0 fully saturated rings. The van der Waals surface area contributed by atoms with Crippen LogP contribution in [-0.4, -0.2) is 24.3 Å². The van der Waals surface area contributed by atoms with Gasteiger partial charge >= 0.3 is 11.9 Å². The standard InChI is InChI=1S/C15H16O5/c1-10-4-6-13(7-5-10)20-14(17)8-11(2)15(18)19-9-12(3)16/h4-7H,2,8-9H2,1,3H3. The Morgan fingerprint density at radius 1 is 1.15 bits per heavy atom. The Hall–Kier alpha value is -2.43. The van der Waals surface area contributed by atoms with Crippen molar-refractivity contribution in [3.05, 3.63) is 42.0 Å². The van der Waals surface area contributed by atoms with Crippen molar-refractivity contribution in [2.75, 3.05) is 6.61 Å². The molecule has 0 saturated carbocycles. The number of rotatable bonds is 6. The summed E-state index contributed by atoms with van der Waals surface area (Å²) in [7, 11) is 0. The summed E-state index contributed by atoms with van der Waals surface area (Å²) in [5.41, 5.74) is 0.991. The lowest BCUT2D eigenvalue weighted by Gasteiger charge is -2.06. The van der Waals surface area contributed by atoms with Crippen LogP contribution in [0.25, 0.3) is 0 Å². The molecule has 0 aliphatic rings. The van der Waals surface area contributed by atoms with Gasteiger partial charge in [0.25, 0.3) is 0 Å². The van der Waals surface area contributed by atoms with Crippen LogP contribution in [0.5, 0.6) is 5.75 Å². The van der Waals surface area contributed by atoms with Crippen molar-refractivity contribution in [1.82, 2.24) is 0 Å². The molecule has 0 aliphatic carbocycles. The van der Waals surface area contributed by atoms with E-state index in [1.807, 2.05) is 6.92 Å². The van der Waals surface area contributed by atoms with Crippen molar-refractivity contribution >= 4 is 17.7 Å². The van der Waals surface area contributed by atoms with Crippen LogP contribution >= 0.6 is 0 Å². The molecule has 0 N–H and O–H groups in total. The van der Waals surface area contributed by atoms with Crippen LogP contribution < -0.4 is 4.74 Å². The number of esters is 2. The molecule has 1 rings (SSSR count). The molecule has 0 heterocycles. The number of carbonyl (C=O) groups excluding carboxylic acids is 3. The highest BCUT2D eigenvalue weighted by Gasteiger charge is 2.15. The number of aryl methyl sites for hydroxylation is 1. The van der Waals surface area contributed by atoms with Crippen LogP contribution in [0.15, 0.2) is 36.4 Å². The molecule has 0 aliphatic heterocycles. The van der Waals surface area contributed by atoms with E-state index in [4.69, 9.17) is 4.74 Å². The maximum Gasteiger partial charge on any atom is 0.334 e. The molecule has 20 heavy (non-hydrogen) atoms. The van der Waals surface area contributed by atoms with Crippen molar-refractivity contribution in [2.45, 2.75) is 20.3 Å². The van der Waals surface area contributed by atoms with Crippen LogP contribution in [0.4, 0.5) is 0 Å². The minimum atomic E-state index is -0.777. The molecule has 0 radical (unpaired) electrons. The smallest absolute Gasteiger partial charge is 0.334 e. The molecule has 0 bridgehead atoms. The van der Waals surface area contributed by atoms with Gasteiger partial charge in [-0.1, -0.05) is 24.3 Å². The fourth-order valence-electron chi connectivity index (χ4n) is 1.29. The van der Waals surface area contributed by atoms with E-state index < -0.39 is 11.9 Å². The Balaban J connectivity index is 2.45. The predicted octanol–water partition coefficient (Wildman–Crippen LogP) is 1.98. The zero-order chi connectivity index (χ0) is 15.1. The van der Waals surface area contributed by atoms with Gasteiger partial charge in [-0.25, -0.2) is 4.79 Å². The Morgan fingerprint density at radius 3 is 2.30 bits per heavy atom. The van der Waals surface area contributed by atoms with Gasteiger partial charge in [-0.05, 0) is 26.0 Å². The lowest BCUT2D eigenvalue weighted by atomic mass is 10.2. The van der Waals surface area contributed by atoms with Crippen molar-refractivity contribution in [1.29, 1.82) is 0 Å². The zero-order valence-corrected chi connectivity index (χ0v) is 11.5. The third kappa shape index (κ3) is 5.48. The van der Waals surface area contributed by atoms with E-state index in [2.05, 4.69) is 11.3 Å². The van der Waals surface area contributed by atoms with E-state index in [1.54, 1.807) is 24.3 Å². The number of Topliss-reactive ketones (excluding diaryl/α,β-unsaturated/α-hetero) is 1. The highest BCUT2D eigenvalue weighted by Crippen LogP contribution is 2.13. The summed E-state index contributed by atoms with van der Waals surface area (Å²) in [4.78, 5) is 33.7. The van der Waals surface area contributed by atoms with Crippen molar-refractivity contribution < 1.29 is 23.9 Å². The van der Waals surface area contributed by atoms with Gasteiger partial charge in [0.05, 0.1) is 6.42 Å². The average Bonchev–Trinajstić information content (AvgIpc) is 2.38. The summed E-state index contributed by atoms with van der Waals surface area (Å²) in [5.74, 6) is -1.28. The Morgan fingerprint density at radius 2 is 1.75 bits per heavy atom. The fraction of sp³-hybridized carbons (Fsp3) is 0.267. The summed E-state index contributed by atoms with van der Waals surface area (Å²) in [6.07, 6.45) is -0.287. The van der Waals surface area contributed by atoms with Crippen LogP contribution in [0.2, 0.25) is 0 Å². The van der Waals surface area contributed by atoms with Gasteiger partial charge < -0.3 is 9.47 Å². The van der Waals surface area contributed by atoms with Crippen LogP contribution in [0.3, 0.4) is 0 Å². The lowest BCUT2D eigenvalue weighted by molar-refractivity contribution is -0.145. The Kier molecular flexibility index (Phi) is 5.65. The first-order chi connectivity index (χ1) is 9.38. The molecule has 0 aromatic heterocycles. The van der Waals surface area contributed by atoms with E-state index in [0.717, 1.165) is 5.56 Å². The molecular formula is C15H16O5. The maximum atomic E-state index is 11.6. The largest absolute Gasteiger partial charge is 0.454 e. The summed E-state index contributed by atoms with van der Waals surface area (Å²) >= 11 is 0. The molecule has 5 heteroatoms. The lowest BCUT2D eigenvalue weighted by Crippen LogP contribution is -2.17. The van der Waals surface area contributed by atoms with E-state index in [9.17, 15) is 14.4 Å². The van der Waals surface area contributed by atoms with E-state index in [1.165, 1.54) is 6.92 Å². The molecule has 0 amide bonds. The second kappa shape index (κ2) is 7.23. The minimum absolute atomic E-state index is 0.0524. The number of carbonyl (C=O) groups is 3.